The van der Waals surface area contributed by atoms with Crippen molar-refractivity contribution in [2.24, 2.45) is 23.7 Å². The predicted molar refractivity (Wildman–Crippen MR) is 138 cm³/mol. The Labute approximate surface area is 209 Å². The first kappa shape index (κ1) is 25.6. The van der Waals surface area contributed by atoms with Crippen molar-refractivity contribution in [1.29, 1.82) is 0 Å². The van der Waals surface area contributed by atoms with Crippen LogP contribution in [0.25, 0.3) is 10.8 Å². The van der Waals surface area contributed by atoms with E-state index in [1.165, 1.54) is 16.3 Å². The number of rotatable bonds is 12. The first-order chi connectivity index (χ1) is 16.8. The molecule has 0 bridgehead atoms. The van der Waals surface area contributed by atoms with Gasteiger partial charge in [-0.1, -0.05) is 63.2 Å². The van der Waals surface area contributed by atoms with Crippen LogP contribution in [0.5, 0.6) is 0 Å². The second kappa shape index (κ2) is 11.5. The highest BCUT2D eigenvalue weighted by atomic mass is 16.6. The Bertz CT molecular complexity index is 1050. The number of carbonyl (C=O) groups is 3. The van der Waals surface area contributed by atoms with Crippen LogP contribution in [0.4, 0.5) is 0 Å². The smallest absolute Gasteiger partial charge is 0.223 e. The normalized spacial score (nSPS) is 22.2. The van der Waals surface area contributed by atoms with Gasteiger partial charge in [-0.25, -0.2) is 0 Å². The lowest BCUT2D eigenvalue weighted by Gasteiger charge is -2.25. The summed E-state index contributed by atoms with van der Waals surface area (Å²) in [6.07, 6.45) is 4.71. The summed E-state index contributed by atoms with van der Waals surface area (Å²) in [7, 11) is 0. The van der Waals surface area contributed by atoms with E-state index in [0.717, 1.165) is 12.8 Å². The van der Waals surface area contributed by atoms with Crippen LogP contribution >= 0.6 is 0 Å². The fourth-order valence-electron chi connectivity index (χ4n) is 5.55. The van der Waals surface area contributed by atoms with Crippen LogP contribution in [0.2, 0.25) is 0 Å². The molecule has 1 aliphatic carbocycles. The maximum absolute atomic E-state index is 13.4. The summed E-state index contributed by atoms with van der Waals surface area (Å²) in [5, 5.41) is 5.54. The number of Topliss-reactive ketones (excluding diaryl/α,β-unsaturated/α-hetero) is 2. The van der Waals surface area contributed by atoms with Gasteiger partial charge in [0.2, 0.25) is 5.91 Å². The van der Waals surface area contributed by atoms with Crippen molar-refractivity contribution in [3.8, 4) is 0 Å². The molecule has 5 heteroatoms. The van der Waals surface area contributed by atoms with E-state index in [9.17, 15) is 14.4 Å². The number of carbonyl (C=O) groups excluding carboxylic acids is 3. The van der Waals surface area contributed by atoms with Crippen LogP contribution in [-0.4, -0.2) is 36.2 Å². The number of hydrogen-bond acceptors (Lipinski definition) is 4. The zero-order valence-electron chi connectivity index (χ0n) is 21.3. The number of fused-ring (bicyclic) bond motifs is 1. The van der Waals surface area contributed by atoms with Crippen LogP contribution in [-0.2, 0) is 25.5 Å². The summed E-state index contributed by atoms with van der Waals surface area (Å²) in [6.45, 7) is 6.77. The SMILES string of the molecule is CC(C)C[C@H](CC(=O)[C@@H](C)Cc1cccc2ccccc12)C(=O)N[C@@H](C[C@@H]1CCCC1=O)C1CO1. The predicted octanol–water partition coefficient (Wildman–Crippen LogP) is 5.28. The van der Waals surface area contributed by atoms with Crippen molar-refractivity contribution in [2.75, 3.05) is 6.61 Å². The summed E-state index contributed by atoms with van der Waals surface area (Å²) >= 11 is 0. The molecule has 2 aromatic carbocycles. The van der Waals surface area contributed by atoms with E-state index < -0.39 is 0 Å². The zero-order valence-corrected chi connectivity index (χ0v) is 21.3. The summed E-state index contributed by atoms with van der Waals surface area (Å²) in [5.74, 6) is 0.162. The quantitative estimate of drug-likeness (QED) is 0.422. The summed E-state index contributed by atoms with van der Waals surface area (Å²) < 4.78 is 5.51. The third-order valence-electron chi connectivity index (χ3n) is 7.64. The first-order valence-corrected chi connectivity index (χ1v) is 13.3. The number of ketones is 2. The number of amides is 1. The molecule has 1 amide bonds. The number of nitrogens with one attached hydrogen (secondary N) is 1. The van der Waals surface area contributed by atoms with Crippen LogP contribution in [0.3, 0.4) is 0 Å². The lowest BCUT2D eigenvalue weighted by atomic mass is 9.85. The molecule has 1 N–H and O–H groups in total. The molecular formula is C30H39NO4. The summed E-state index contributed by atoms with van der Waals surface area (Å²) in [4.78, 5) is 38.8. The average Bonchev–Trinajstić information content (AvgIpc) is 3.60. The van der Waals surface area contributed by atoms with Gasteiger partial charge in [-0.05, 0) is 54.4 Å². The minimum absolute atomic E-state index is 0.00645. The number of epoxide rings is 1. The van der Waals surface area contributed by atoms with Gasteiger partial charge in [-0.2, -0.15) is 0 Å². The molecule has 0 radical (unpaired) electrons. The standard InChI is InChI=1S/C30H39NO4/c1-19(2)14-24(30(34)31-26(29-18-35-29)16-23-11-7-13-27(23)32)17-28(33)20(3)15-22-10-6-9-21-8-4-5-12-25(21)22/h4-6,8-10,12,19-20,23-24,26,29H,7,11,13-18H2,1-3H3,(H,31,34)/t20-,23-,24+,26-,29?/m0/s1. The molecule has 1 saturated heterocycles. The Balaban J connectivity index is 1.40. The van der Waals surface area contributed by atoms with Gasteiger partial charge >= 0.3 is 0 Å². The molecule has 0 aromatic heterocycles. The van der Waals surface area contributed by atoms with E-state index in [2.05, 4.69) is 43.4 Å². The van der Waals surface area contributed by atoms with E-state index >= 15 is 0 Å². The van der Waals surface area contributed by atoms with Gasteiger partial charge in [-0.3, -0.25) is 14.4 Å². The number of benzene rings is 2. The van der Waals surface area contributed by atoms with Crippen molar-refractivity contribution >= 4 is 28.2 Å². The van der Waals surface area contributed by atoms with E-state index in [1.807, 2.05) is 25.1 Å². The van der Waals surface area contributed by atoms with E-state index in [1.54, 1.807) is 0 Å². The minimum Gasteiger partial charge on any atom is -0.371 e. The highest BCUT2D eigenvalue weighted by molar-refractivity contribution is 5.90. The third kappa shape index (κ3) is 6.78. The average molecular weight is 478 g/mol. The zero-order chi connectivity index (χ0) is 24.9. The topological polar surface area (TPSA) is 75.8 Å². The molecule has 5 nitrogen and oxygen atoms in total. The van der Waals surface area contributed by atoms with Crippen molar-refractivity contribution in [3.63, 3.8) is 0 Å². The Morgan fingerprint density at radius 1 is 1.09 bits per heavy atom. The first-order valence-electron chi connectivity index (χ1n) is 13.3. The molecule has 35 heavy (non-hydrogen) atoms. The Morgan fingerprint density at radius 2 is 1.83 bits per heavy atom. The van der Waals surface area contributed by atoms with Crippen LogP contribution < -0.4 is 5.32 Å². The fourth-order valence-corrected chi connectivity index (χ4v) is 5.55. The van der Waals surface area contributed by atoms with E-state index in [0.29, 0.717) is 44.0 Å². The van der Waals surface area contributed by atoms with Gasteiger partial charge in [0.05, 0.1) is 12.6 Å². The Morgan fingerprint density at radius 3 is 2.51 bits per heavy atom. The van der Waals surface area contributed by atoms with Gasteiger partial charge in [0, 0.05) is 30.6 Å². The Hall–Kier alpha value is -2.53. The van der Waals surface area contributed by atoms with Crippen molar-refractivity contribution in [1.82, 2.24) is 5.32 Å². The molecule has 1 heterocycles. The van der Waals surface area contributed by atoms with Crippen LogP contribution in [0.15, 0.2) is 42.5 Å². The lowest BCUT2D eigenvalue weighted by molar-refractivity contribution is -0.132. The molecule has 5 atom stereocenters. The van der Waals surface area contributed by atoms with Crippen molar-refractivity contribution in [2.45, 2.75) is 77.9 Å². The molecule has 0 spiro atoms. The van der Waals surface area contributed by atoms with Crippen LogP contribution in [0, 0.1) is 23.7 Å². The largest absolute Gasteiger partial charge is 0.371 e. The van der Waals surface area contributed by atoms with Gasteiger partial charge in [0.25, 0.3) is 0 Å². The molecule has 188 valence electrons. The Kier molecular flexibility index (Phi) is 8.38. The number of ether oxygens (including phenoxy) is 1. The summed E-state index contributed by atoms with van der Waals surface area (Å²) in [5.41, 5.74) is 1.17. The highest BCUT2D eigenvalue weighted by Gasteiger charge is 2.39. The molecular weight excluding hydrogens is 438 g/mol. The molecule has 2 aliphatic rings. The second-order valence-electron chi connectivity index (χ2n) is 11.0. The highest BCUT2D eigenvalue weighted by Crippen LogP contribution is 2.30. The molecule has 1 aliphatic heterocycles. The van der Waals surface area contributed by atoms with Gasteiger partial charge in [-0.15, -0.1) is 0 Å². The molecule has 2 aromatic rings. The fraction of sp³-hybridized carbons (Fsp3) is 0.567. The van der Waals surface area contributed by atoms with Gasteiger partial charge in [0.1, 0.15) is 17.7 Å². The minimum atomic E-state index is -0.363. The lowest BCUT2D eigenvalue weighted by Crippen LogP contribution is -2.44. The van der Waals surface area contributed by atoms with Gasteiger partial charge in [0.15, 0.2) is 0 Å². The van der Waals surface area contributed by atoms with Crippen molar-refractivity contribution < 1.29 is 19.1 Å². The summed E-state index contributed by atoms with van der Waals surface area (Å²) in [6, 6.07) is 14.3. The van der Waals surface area contributed by atoms with E-state index in [-0.39, 0.29) is 48.0 Å². The van der Waals surface area contributed by atoms with E-state index in [4.69, 9.17) is 4.74 Å². The maximum atomic E-state index is 13.4. The maximum Gasteiger partial charge on any atom is 0.223 e. The molecule has 1 saturated carbocycles. The number of hydrogen-bond donors (Lipinski definition) is 1. The molecule has 2 fully saturated rings. The monoisotopic (exact) mass is 477 g/mol. The van der Waals surface area contributed by atoms with Gasteiger partial charge < -0.3 is 10.1 Å². The second-order valence-corrected chi connectivity index (χ2v) is 11.0. The third-order valence-corrected chi connectivity index (χ3v) is 7.64. The van der Waals surface area contributed by atoms with Crippen LogP contribution in [0.1, 0.15) is 64.9 Å². The van der Waals surface area contributed by atoms with Crippen molar-refractivity contribution in [3.05, 3.63) is 48.0 Å². The molecule has 4 rings (SSSR count). The molecule has 1 unspecified atom stereocenters.